The van der Waals surface area contributed by atoms with Crippen molar-refractivity contribution in [3.63, 3.8) is 0 Å². The molecule has 0 heterocycles. The quantitative estimate of drug-likeness (QED) is 0.821. The van der Waals surface area contributed by atoms with Crippen molar-refractivity contribution in [1.29, 1.82) is 0 Å². The summed E-state index contributed by atoms with van der Waals surface area (Å²) in [6.07, 6.45) is 1.65. The number of amides is 1. The van der Waals surface area contributed by atoms with Crippen LogP contribution in [-0.2, 0) is 4.79 Å². The minimum atomic E-state index is -0.396. The van der Waals surface area contributed by atoms with Gasteiger partial charge in [0, 0.05) is 0 Å². The van der Waals surface area contributed by atoms with Crippen molar-refractivity contribution in [1.82, 2.24) is 5.32 Å². The van der Waals surface area contributed by atoms with E-state index in [1.54, 1.807) is 0 Å². The van der Waals surface area contributed by atoms with Gasteiger partial charge in [0.2, 0.25) is 5.91 Å². The smallest absolute Gasteiger partial charge is 0.237 e. The summed E-state index contributed by atoms with van der Waals surface area (Å²) in [7, 11) is 0. The second-order valence-corrected chi connectivity index (χ2v) is 4.54. The maximum absolute atomic E-state index is 11.8. The average Bonchev–Trinajstić information content (AvgIpc) is 2.29. The number of hydrogen-bond acceptors (Lipinski definition) is 2. The van der Waals surface area contributed by atoms with Crippen LogP contribution in [0.1, 0.15) is 43.9 Å². The van der Waals surface area contributed by atoms with Gasteiger partial charge in [-0.2, -0.15) is 0 Å². The standard InChI is InChI=1S/C14H22N2O/c1-4-6-13(15)14(17)16-11(3)12-8-5-7-10(2)9-12/h5,7-9,11,13H,4,6,15H2,1-3H3,(H,16,17)/t11-,13-/m0/s1. The molecule has 94 valence electrons. The molecule has 0 bridgehead atoms. The molecule has 3 heteroatoms. The molecule has 0 saturated carbocycles. The molecule has 1 amide bonds. The Balaban J connectivity index is 2.60. The van der Waals surface area contributed by atoms with Crippen molar-refractivity contribution >= 4 is 5.91 Å². The first kappa shape index (κ1) is 13.7. The summed E-state index contributed by atoms with van der Waals surface area (Å²) in [6, 6.07) is 7.75. The van der Waals surface area contributed by atoms with Crippen LogP contribution in [0.15, 0.2) is 24.3 Å². The number of benzene rings is 1. The van der Waals surface area contributed by atoms with Gasteiger partial charge in [0.15, 0.2) is 0 Å². The zero-order valence-corrected chi connectivity index (χ0v) is 10.9. The Hall–Kier alpha value is -1.35. The molecule has 0 radical (unpaired) electrons. The summed E-state index contributed by atoms with van der Waals surface area (Å²) in [5, 5.41) is 2.94. The zero-order valence-electron chi connectivity index (χ0n) is 10.9. The van der Waals surface area contributed by atoms with E-state index in [-0.39, 0.29) is 11.9 Å². The number of rotatable bonds is 5. The summed E-state index contributed by atoms with van der Waals surface area (Å²) in [4.78, 5) is 11.8. The minimum absolute atomic E-state index is 0.00491. The highest BCUT2D eigenvalue weighted by molar-refractivity contribution is 5.81. The molecule has 0 aromatic heterocycles. The van der Waals surface area contributed by atoms with Crippen LogP contribution in [-0.4, -0.2) is 11.9 Å². The third-order valence-corrected chi connectivity index (χ3v) is 2.84. The molecule has 1 rings (SSSR count). The first-order chi connectivity index (χ1) is 8.04. The fourth-order valence-corrected chi connectivity index (χ4v) is 1.79. The Morgan fingerprint density at radius 3 is 2.76 bits per heavy atom. The predicted octanol–water partition coefficient (Wildman–Crippen LogP) is 2.30. The van der Waals surface area contributed by atoms with Crippen LogP contribution in [0.5, 0.6) is 0 Å². The number of nitrogens with one attached hydrogen (secondary N) is 1. The summed E-state index contributed by atoms with van der Waals surface area (Å²) in [6.45, 7) is 6.04. The molecule has 2 atom stereocenters. The second-order valence-electron chi connectivity index (χ2n) is 4.54. The molecule has 0 aliphatic heterocycles. The summed E-state index contributed by atoms with van der Waals surface area (Å²) < 4.78 is 0. The molecule has 0 fully saturated rings. The molecule has 0 unspecified atom stereocenters. The van der Waals surface area contributed by atoms with Crippen molar-refractivity contribution in [3.8, 4) is 0 Å². The lowest BCUT2D eigenvalue weighted by atomic mass is 10.0. The van der Waals surface area contributed by atoms with E-state index >= 15 is 0 Å². The lowest BCUT2D eigenvalue weighted by Gasteiger charge is -2.18. The predicted molar refractivity (Wildman–Crippen MR) is 70.6 cm³/mol. The fourth-order valence-electron chi connectivity index (χ4n) is 1.79. The Morgan fingerprint density at radius 1 is 1.47 bits per heavy atom. The second kappa shape index (κ2) is 6.40. The SMILES string of the molecule is CCC[C@H](N)C(=O)N[C@@H](C)c1cccc(C)c1. The Labute approximate surface area is 103 Å². The van der Waals surface area contributed by atoms with Gasteiger partial charge < -0.3 is 11.1 Å². The molecule has 3 N–H and O–H groups in total. The highest BCUT2D eigenvalue weighted by Crippen LogP contribution is 2.13. The maximum atomic E-state index is 11.8. The van der Waals surface area contributed by atoms with Crippen LogP contribution in [0.4, 0.5) is 0 Å². The van der Waals surface area contributed by atoms with E-state index in [1.165, 1.54) is 5.56 Å². The number of aryl methyl sites for hydroxylation is 1. The molecule has 0 aliphatic rings. The topological polar surface area (TPSA) is 55.1 Å². The number of carbonyl (C=O) groups excluding carboxylic acids is 1. The van der Waals surface area contributed by atoms with Crippen molar-refractivity contribution < 1.29 is 4.79 Å². The average molecular weight is 234 g/mol. The molecular weight excluding hydrogens is 212 g/mol. The molecule has 0 aliphatic carbocycles. The lowest BCUT2D eigenvalue weighted by Crippen LogP contribution is -2.41. The molecule has 1 aromatic rings. The molecule has 17 heavy (non-hydrogen) atoms. The number of nitrogens with two attached hydrogens (primary N) is 1. The van der Waals surface area contributed by atoms with Crippen LogP contribution in [0.2, 0.25) is 0 Å². The minimum Gasteiger partial charge on any atom is -0.348 e. The molecule has 1 aromatic carbocycles. The fraction of sp³-hybridized carbons (Fsp3) is 0.500. The monoisotopic (exact) mass is 234 g/mol. The van der Waals surface area contributed by atoms with E-state index in [1.807, 2.05) is 39.0 Å². The normalized spacial score (nSPS) is 14.1. The molecular formula is C14H22N2O. The van der Waals surface area contributed by atoms with Crippen molar-refractivity contribution in [2.45, 2.75) is 45.7 Å². The maximum Gasteiger partial charge on any atom is 0.237 e. The van der Waals surface area contributed by atoms with Gasteiger partial charge in [-0.15, -0.1) is 0 Å². The largest absolute Gasteiger partial charge is 0.348 e. The van der Waals surface area contributed by atoms with Crippen molar-refractivity contribution in [2.24, 2.45) is 5.73 Å². The van der Waals surface area contributed by atoms with Crippen molar-refractivity contribution in [3.05, 3.63) is 35.4 Å². The highest BCUT2D eigenvalue weighted by atomic mass is 16.2. The van der Waals surface area contributed by atoms with Gasteiger partial charge in [-0.25, -0.2) is 0 Å². The van der Waals surface area contributed by atoms with E-state index < -0.39 is 6.04 Å². The van der Waals surface area contributed by atoms with Crippen LogP contribution in [0.3, 0.4) is 0 Å². The zero-order chi connectivity index (χ0) is 12.8. The van der Waals surface area contributed by atoms with Crippen LogP contribution in [0, 0.1) is 6.92 Å². The highest BCUT2D eigenvalue weighted by Gasteiger charge is 2.15. The van der Waals surface area contributed by atoms with Crippen LogP contribution < -0.4 is 11.1 Å². The van der Waals surface area contributed by atoms with E-state index in [4.69, 9.17) is 5.73 Å². The number of hydrogen-bond donors (Lipinski definition) is 2. The molecule has 0 spiro atoms. The van der Waals surface area contributed by atoms with E-state index in [0.29, 0.717) is 0 Å². The lowest BCUT2D eigenvalue weighted by molar-refractivity contribution is -0.123. The summed E-state index contributed by atoms with van der Waals surface area (Å²) in [5.74, 6) is -0.0687. The summed E-state index contributed by atoms with van der Waals surface area (Å²) in [5.41, 5.74) is 8.08. The van der Waals surface area contributed by atoms with Gasteiger partial charge in [-0.05, 0) is 25.8 Å². The van der Waals surface area contributed by atoms with Gasteiger partial charge in [0.25, 0.3) is 0 Å². The van der Waals surface area contributed by atoms with Crippen molar-refractivity contribution in [2.75, 3.05) is 0 Å². The first-order valence-electron chi connectivity index (χ1n) is 6.17. The van der Waals surface area contributed by atoms with Crippen LogP contribution >= 0.6 is 0 Å². The Morgan fingerprint density at radius 2 is 2.18 bits per heavy atom. The Bertz CT molecular complexity index is 376. The molecule has 0 saturated heterocycles. The van der Waals surface area contributed by atoms with Gasteiger partial charge in [0.05, 0.1) is 12.1 Å². The Kier molecular flexibility index (Phi) is 5.16. The van der Waals surface area contributed by atoms with Gasteiger partial charge in [-0.1, -0.05) is 43.2 Å². The third-order valence-electron chi connectivity index (χ3n) is 2.84. The molecule has 3 nitrogen and oxygen atoms in total. The van der Waals surface area contributed by atoms with Crippen LogP contribution in [0.25, 0.3) is 0 Å². The third kappa shape index (κ3) is 4.19. The van der Waals surface area contributed by atoms with Gasteiger partial charge in [0.1, 0.15) is 0 Å². The van der Waals surface area contributed by atoms with E-state index in [0.717, 1.165) is 18.4 Å². The number of carbonyl (C=O) groups is 1. The van der Waals surface area contributed by atoms with Gasteiger partial charge in [-0.3, -0.25) is 4.79 Å². The summed E-state index contributed by atoms with van der Waals surface area (Å²) >= 11 is 0. The van der Waals surface area contributed by atoms with E-state index in [2.05, 4.69) is 11.4 Å². The first-order valence-corrected chi connectivity index (χ1v) is 6.17. The van der Waals surface area contributed by atoms with Gasteiger partial charge >= 0.3 is 0 Å². The van der Waals surface area contributed by atoms with E-state index in [9.17, 15) is 4.79 Å².